The fourth-order valence-electron chi connectivity index (χ4n) is 2.64. The van der Waals surface area contributed by atoms with Crippen molar-refractivity contribution in [2.45, 2.75) is 64.6 Å². The number of carbonyl (C=O) groups excluding carboxylic acids is 1. The molecule has 1 amide bonds. The highest BCUT2D eigenvalue weighted by Gasteiger charge is 2.53. The van der Waals surface area contributed by atoms with Crippen molar-refractivity contribution in [2.75, 3.05) is 6.61 Å². The molecule has 0 aromatic rings. The fraction of sp³-hybridized carbons (Fsp3) is 0.733. The number of aliphatic hydroxyl groups is 1. The lowest BCUT2D eigenvalue weighted by Gasteiger charge is -2.31. The Morgan fingerprint density at radius 2 is 2.14 bits per heavy atom. The summed E-state index contributed by atoms with van der Waals surface area (Å²) in [5.41, 5.74) is -0.386. The van der Waals surface area contributed by atoms with E-state index in [-0.39, 0.29) is 6.42 Å². The summed E-state index contributed by atoms with van der Waals surface area (Å²) < 4.78 is 16.9. The van der Waals surface area contributed by atoms with Gasteiger partial charge in [0.25, 0.3) is 0 Å². The minimum Gasteiger partial charge on any atom is -0.463 e. The van der Waals surface area contributed by atoms with Gasteiger partial charge in [0.2, 0.25) is 5.79 Å². The topological polar surface area (TPSA) is 92.0 Å². The van der Waals surface area contributed by atoms with Crippen molar-refractivity contribution in [1.29, 1.82) is 5.26 Å². The van der Waals surface area contributed by atoms with Crippen molar-refractivity contribution < 1.29 is 24.1 Å². The average Bonchev–Trinajstić information content (AvgIpc) is 2.79. The highest BCUT2D eigenvalue weighted by Crippen LogP contribution is 2.43. The highest BCUT2D eigenvalue weighted by atomic mass is 16.7. The van der Waals surface area contributed by atoms with Gasteiger partial charge in [-0.05, 0) is 20.8 Å². The van der Waals surface area contributed by atoms with E-state index in [0.29, 0.717) is 11.5 Å². The Bertz CT molecular complexity index is 541. The van der Waals surface area contributed by atoms with Gasteiger partial charge in [0, 0.05) is 13.8 Å². The van der Waals surface area contributed by atoms with Crippen LogP contribution in [0.5, 0.6) is 0 Å². The van der Waals surface area contributed by atoms with Gasteiger partial charge in [0.1, 0.15) is 11.7 Å². The maximum Gasteiger partial charge on any atom is 0.415 e. The van der Waals surface area contributed by atoms with Crippen LogP contribution in [0.1, 0.15) is 41.0 Å². The van der Waals surface area contributed by atoms with E-state index in [9.17, 15) is 9.90 Å². The molecule has 0 saturated carbocycles. The summed E-state index contributed by atoms with van der Waals surface area (Å²) in [6.45, 7) is 8.35. The van der Waals surface area contributed by atoms with Crippen LogP contribution in [0.15, 0.2) is 11.5 Å². The molecule has 0 aromatic heterocycles. The number of ether oxygens (including phenoxy) is 3. The van der Waals surface area contributed by atoms with E-state index in [1.165, 1.54) is 4.90 Å². The van der Waals surface area contributed by atoms with Gasteiger partial charge < -0.3 is 19.3 Å². The van der Waals surface area contributed by atoms with Crippen molar-refractivity contribution in [3.63, 3.8) is 0 Å². The Hall–Kier alpha value is -1.78. The van der Waals surface area contributed by atoms with Crippen molar-refractivity contribution >= 4 is 6.09 Å². The number of hydrogen-bond acceptors (Lipinski definition) is 6. The SMILES string of the molecule is CC(C)(C)OC(=O)N1C(CO)=C2OC(C)(C)OC2C1CC#N. The van der Waals surface area contributed by atoms with Gasteiger partial charge in [0.15, 0.2) is 5.76 Å². The summed E-state index contributed by atoms with van der Waals surface area (Å²) in [5, 5.41) is 18.7. The number of hydrogen-bond donors (Lipinski definition) is 1. The van der Waals surface area contributed by atoms with Crippen LogP contribution in [0.3, 0.4) is 0 Å². The van der Waals surface area contributed by atoms with E-state index in [1.807, 2.05) is 6.07 Å². The number of fused-ring (bicyclic) bond motifs is 1. The average molecular weight is 310 g/mol. The molecule has 0 radical (unpaired) electrons. The Morgan fingerprint density at radius 3 is 2.64 bits per heavy atom. The van der Waals surface area contributed by atoms with Crippen LogP contribution >= 0.6 is 0 Å². The third-order valence-electron chi connectivity index (χ3n) is 3.32. The van der Waals surface area contributed by atoms with Gasteiger partial charge in [-0.25, -0.2) is 4.79 Å². The lowest BCUT2D eigenvalue weighted by atomic mass is 10.1. The van der Waals surface area contributed by atoms with Gasteiger partial charge in [-0.3, -0.25) is 4.90 Å². The molecule has 1 fully saturated rings. The van der Waals surface area contributed by atoms with Gasteiger partial charge >= 0.3 is 6.09 Å². The maximum absolute atomic E-state index is 12.4. The standard InChI is InChI=1S/C15H22N2O5/c1-14(2,3)22-13(19)17-9(6-7-16)11-12(10(17)8-18)21-15(4,5)20-11/h9,11,18H,6,8H2,1-5H3. The van der Waals surface area contributed by atoms with Crippen LogP contribution in [0.2, 0.25) is 0 Å². The first kappa shape index (κ1) is 16.6. The summed E-state index contributed by atoms with van der Waals surface area (Å²) in [7, 11) is 0. The monoisotopic (exact) mass is 310 g/mol. The molecule has 122 valence electrons. The zero-order valence-corrected chi connectivity index (χ0v) is 13.5. The number of carbonyl (C=O) groups is 1. The Balaban J connectivity index is 2.37. The molecular formula is C15H22N2O5. The molecule has 1 saturated heterocycles. The number of nitrogens with zero attached hydrogens (tertiary/aromatic N) is 2. The lowest BCUT2D eigenvalue weighted by Crippen LogP contribution is -2.45. The van der Waals surface area contributed by atoms with Crippen molar-refractivity contribution in [3.05, 3.63) is 11.5 Å². The largest absolute Gasteiger partial charge is 0.463 e. The van der Waals surface area contributed by atoms with E-state index in [4.69, 9.17) is 19.5 Å². The van der Waals surface area contributed by atoms with Gasteiger partial charge in [-0.15, -0.1) is 0 Å². The lowest BCUT2D eigenvalue weighted by molar-refractivity contribution is -0.145. The summed E-state index contributed by atoms with van der Waals surface area (Å²) in [6.07, 6.45) is -1.14. The first-order valence-electron chi connectivity index (χ1n) is 7.19. The molecule has 2 rings (SSSR count). The summed E-state index contributed by atoms with van der Waals surface area (Å²) >= 11 is 0. The molecule has 7 heteroatoms. The van der Waals surface area contributed by atoms with Gasteiger partial charge in [-0.2, -0.15) is 5.26 Å². The van der Waals surface area contributed by atoms with E-state index in [0.717, 1.165) is 0 Å². The quantitative estimate of drug-likeness (QED) is 0.837. The second kappa shape index (κ2) is 5.45. The maximum atomic E-state index is 12.4. The van der Waals surface area contributed by atoms with Crippen LogP contribution in [0, 0.1) is 11.3 Å². The first-order chi connectivity index (χ1) is 10.1. The van der Waals surface area contributed by atoms with Crippen molar-refractivity contribution in [2.24, 2.45) is 0 Å². The summed E-state index contributed by atoms with van der Waals surface area (Å²) in [5.74, 6) is -0.452. The Labute approximate surface area is 130 Å². The van der Waals surface area contributed by atoms with Crippen molar-refractivity contribution in [1.82, 2.24) is 4.90 Å². The smallest absolute Gasteiger partial charge is 0.415 e. The molecule has 2 aliphatic rings. The second-order valence-corrected chi connectivity index (χ2v) is 6.79. The van der Waals surface area contributed by atoms with E-state index in [1.54, 1.807) is 34.6 Å². The number of nitriles is 1. The zero-order valence-electron chi connectivity index (χ0n) is 13.5. The molecular weight excluding hydrogens is 288 g/mol. The Kier molecular flexibility index (Phi) is 4.11. The molecule has 7 nitrogen and oxygen atoms in total. The number of aliphatic hydroxyl groups excluding tert-OH is 1. The molecule has 22 heavy (non-hydrogen) atoms. The Morgan fingerprint density at radius 1 is 1.50 bits per heavy atom. The molecule has 0 aliphatic carbocycles. The van der Waals surface area contributed by atoms with Crippen LogP contribution in [-0.4, -0.2) is 46.2 Å². The zero-order chi connectivity index (χ0) is 16.7. The third-order valence-corrected chi connectivity index (χ3v) is 3.32. The molecule has 2 heterocycles. The predicted octanol–water partition coefficient (Wildman–Crippen LogP) is 1.87. The summed E-state index contributed by atoms with van der Waals surface area (Å²) in [4.78, 5) is 13.7. The molecule has 0 spiro atoms. The predicted molar refractivity (Wildman–Crippen MR) is 76.2 cm³/mol. The van der Waals surface area contributed by atoms with E-state index in [2.05, 4.69) is 0 Å². The van der Waals surface area contributed by atoms with Crippen molar-refractivity contribution in [3.8, 4) is 6.07 Å². The number of amides is 1. The summed E-state index contributed by atoms with van der Waals surface area (Å²) in [6, 6.07) is 1.48. The van der Waals surface area contributed by atoms with Gasteiger partial charge in [0.05, 0.1) is 30.8 Å². The first-order valence-corrected chi connectivity index (χ1v) is 7.19. The number of rotatable bonds is 2. The second-order valence-electron chi connectivity index (χ2n) is 6.79. The highest BCUT2D eigenvalue weighted by molar-refractivity contribution is 5.72. The fourth-order valence-corrected chi connectivity index (χ4v) is 2.64. The van der Waals surface area contributed by atoms with E-state index >= 15 is 0 Å². The minimum absolute atomic E-state index is 0.0519. The third kappa shape index (κ3) is 3.03. The molecule has 2 atom stereocenters. The van der Waals surface area contributed by atoms with Crippen LogP contribution in [-0.2, 0) is 14.2 Å². The van der Waals surface area contributed by atoms with Crippen LogP contribution in [0.4, 0.5) is 4.79 Å². The molecule has 0 aromatic carbocycles. The normalized spacial score (nSPS) is 26.5. The minimum atomic E-state index is -0.853. The van der Waals surface area contributed by atoms with Crippen LogP contribution < -0.4 is 0 Å². The molecule has 1 N–H and O–H groups in total. The molecule has 0 bridgehead atoms. The molecule has 2 aliphatic heterocycles. The van der Waals surface area contributed by atoms with Gasteiger partial charge in [-0.1, -0.05) is 0 Å². The molecule has 2 unspecified atom stereocenters. The van der Waals surface area contributed by atoms with E-state index < -0.39 is 36.2 Å². The van der Waals surface area contributed by atoms with Crippen LogP contribution in [0.25, 0.3) is 0 Å².